The zero-order valence-corrected chi connectivity index (χ0v) is 15.4. The Hall–Kier alpha value is -2.24. The first kappa shape index (κ1) is 17.6. The minimum Gasteiger partial charge on any atom is -0.375 e. The third-order valence-electron chi connectivity index (χ3n) is 4.57. The molecule has 1 heterocycles. The SMILES string of the molecule is Cc1ccc(C2CC(=NNC(N)=S)CC(c3ccc(C)cc3)N2)cc1. The van der Waals surface area contributed by atoms with Crippen LogP contribution in [-0.2, 0) is 0 Å². The Morgan fingerprint density at radius 2 is 1.40 bits per heavy atom. The second-order valence-electron chi connectivity index (χ2n) is 6.66. The van der Waals surface area contributed by atoms with Gasteiger partial charge >= 0.3 is 0 Å². The van der Waals surface area contributed by atoms with E-state index in [0.717, 1.165) is 18.6 Å². The maximum atomic E-state index is 5.53. The van der Waals surface area contributed by atoms with Crippen molar-refractivity contribution >= 4 is 23.0 Å². The van der Waals surface area contributed by atoms with Gasteiger partial charge in [-0.1, -0.05) is 59.7 Å². The maximum absolute atomic E-state index is 5.53. The Kier molecular flexibility index (Phi) is 5.46. The second kappa shape index (κ2) is 7.76. The van der Waals surface area contributed by atoms with Crippen LogP contribution in [-0.4, -0.2) is 10.8 Å². The Balaban J connectivity index is 1.87. The molecule has 2 aromatic rings. The van der Waals surface area contributed by atoms with Crippen LogP contribution in [0.1, 0.15) is 47.2 Å². The van der Waals surface area contributed by atoms with Gasteiger partial charge in [-0.05, 0) is 37.2 Å². The maximum Gasteiger partial charge on any atom is 0.184 e. The molecule has 5 heteroatoms. The van der Waals surface area contributed by atoms with E-state index >= 15 is 0 Å². The summed E-state index contributed by atoms with van der Waals surface area (Å²) in [5.74, 6) is 0. The predicted octanol–water partition coefficient (Wildman–Crippen LogP) is 3.66. The summed E-state index contributed by atoms with van der Waals surface area (Å²) in [7, 11) is 0. The molecule has 0 bridgehead atoms. The molecular weight excluding hydrogens is 328 g/mol. The summed E-state index contributed by atoms with van der Waals surface area (Å²) in [6.45, 7) is 4.21. The highest BCUT2D eigenvalue weighted by atomic mass is 32.1. The van der Waals surface area contributed by atoms with Crippen molar-refractivity contribution in [3.8, 4) is 0 Å². The number of thiocarbonyl (C=S) groups is 1. The van der Waals surface area contributed by atoms with E-state index in [0.29, 0.717) is 0 Å². The van der Waals surface area contributed by atoms with Crippen molar-refractivity contribution in [2.45, 2.75) is 38.8 Å². The summed E-state index contributed by atoms with van der Waals surface area (Å²) in [6, 6.07) is 17.8. The number of piperidine rings is 1. The van der Waals surface area contributed by atoms with Crippen molar-refractivity contribution in [1.29, 1.82) is 0 Å². The van der Waals surface area contributed by atoms with Gasteiger partial charge in [-0.2, -0.15) is 5.10 Å². The standard InChI is InChI=1S/C20H24N4S/c1-13-3-7-15(8-4-13)18-11-17(23-24-20(21)25)12-19(22-18)16-9-5-14(2)6-10-16/h3-10,18-19,22H,11-12H2,1-2H3,(H3,21,24,25). The molecule has 2 aromatic carbocycles. The summed E-state index contributed by atoms with van der Waals surface area (Å²) in [6.07, 6.45) is 1.67. The van der Waals surface area contributed by atoms with E-state index in [1.807, 2.05) is 0 Å². The molecule has 130 valence electrons. The first-order chi connectivity index (χ1) is 12.0. The van der Waals surface area contributed by atoms with Gasteiger partial charge in [0.1, 0.15) is 0 Å². The van der Waals surface area contributed by atoms with E-state index in [-0.39, 0.29) is 17.2 Å². The van der Waals surface area contributed by atoms with Crippen molar-refractivity contribution in [3.63, 3.8) is 0 Å². The van der Waals surface area contributed by atoms with Crippen LogP contribution in [0.2, 0.25) is 0 Å². The molecule has 3 rings (SSSR count). The number of rotatable bonds is 3. The summed E-state index contributed by atoms with van der Waals surface area (Å²) in [5, 5.41) is 8.40. The molecule has 0 saturated carbocycles. The molecule has 0 spiro atoms. The van der Waals surface area contributed by atoms with Gasteiger partial charge in [0.05, 0.1) is 0 Å². The number of benzene rings is 2. The van der Waals surface area contributed by atoms with Crippen molar-refractivity contribution < 1.29 is 0 Å². The fourth-order valence-electron chi connectivity index (χ4n) is 3.17. The number of hydrazone groups is 1. The second-order valence-corrected chi connectivity index (χ2v) is 7.10. The molecule has 1 aliphatic heterocycles. The highest BCUT2D eigenvalue weighted by molar-refractivity contribution is 7.80. The molecule has 0 aliphatic carbocycles. The molecule has 0 amide bonds. The minimum absolute atomic E-state index is 0.199. The quantitative estimate of drug-likeness (QED) is 0.583. The summed E-state index contributed by atoms with van der Waals surface area (Å²) in [4.78, 5) is 0. The highest BCUT2D eigenvalue weighted by Crippen LogP contribution is 2.31. The van der Waals surface area contributed by atoms with E-state index in [2.05, 4.69) is 78.2 Å². The molecule has 2 atom stereocenters. The van der Waals surface area contributed by atoms with E-state index in [1.165, 1.54) is 22.3 Å². The van der Waals surface area contributed by atoms with Crippen molar-refractivity contribution in [3.05, 3.63) is 70.8 Å². The zero-order chi connectivity index (χ0) is 17.8. The van der Waals surface area contributed by atoms with Crippen LogP contribution in [0.4, 0.5) is 0 Å². The molecule has 4 nitrogen and oxygen atoms in total. The first-order valence-electron chi connectivity index (χ1n) is 8.51. The average Bonchev–Trinajstić information content (AvgIpc) is 2.61. The molecule has 2 unspecified atom stereocenters. The lowest BCUT2D eigenvalue weighted by Crippen LogP contribution is -2.36. The number of nitrogens with zero attached hydrogens (tertiary/aromatic N) is 1. The largest absolute Gasteiger partial charge is 0.375 e. The van der Waals surface area contributed by atoms with Gasteiger partial charge in [0, 0.05) is 30.6 Å². The van der Waals surface area contributed by atoms with Crippen LogP contribution >= 0.6 is 12.2 Å². The topological polar surface area (TPSA) is 62.4 Å². The van der Waals surface area contributed by atoms with Crippen LogP contribution in [0.15, 0.2) is 53.6 Å². The van der Waals surface area contributed by atoms with Gasteiger partial charge in [0.2, 0.25) is 0 Å². The molecular formula is C20H24N4S. The number of hydrogen-bond donors (Lipinski definition) is 3. The van der Waals surface area contributed by atoms with Crippen LogP contribution in [0.25, 0.3) is 0 Å². The number of nitrogens with one attached hydrogen (secondary N) is 2. The Bertz CT molecular complexity index is 710. The van der Waals surface area contributed by atoms with Gasteiger partial charge in [0.15, 0.2) is 5.11 Å². The van der Waals surface area contributed by atoms with E-state index in [9.17, 15) is 0 Å². The fraction of sp³-hybridized carbons (Fsp3) is 0.300. The normalized spacial score (nSPS) is 20.2. The third-order valence-corrected chi connectivity index (χ3v) is 4.66. The molecule has 1 saturated heterocycles. The van der Waals surface area contributed by atoms with Gasteiger partial charge < -0.3 is 11.1 Å². The minimum atomic E-state index is 0.199. The lowest BCUT2D eigenvalue weighted by atomic mass is 9.88. The van der Waals surface area contributed by atoms with Gasteiger partial charge in [-0.15, -0.1) is 0 Å². The van der Waals surface area contributed by atoms with Gasteiger partial charge in [-0.3, -0.25) is 5.43 Å². The average molecular weight is 353 g/mol. The van der Waals surface area contributed by atoms with Gasteiger partial charge in [0.25, 0.3) is 0 Å². The van der Waals surface area contributed by atoms with Crippen LogP contribution in [0, 0.1) is 13.8 Å². The number of hydrogen-bond acceptors (Lipinski definition) is 3. The lowest BCUT2D eigenvalue weighted by molar-refractivity contribution is 0.427. The predicted molar refractivity (Wildman–Crippen MR) is 108 cm³/mol. The Morgan fingerprint density at radius 3 is 1.80 bits per heavy atom. The summed E-state index contributed by atoms with van der Waals surface area (Å²) in [5.41, 5.74) is 14.4. The van der Waals surface area contributed by atoms with Crippen molar-refractivity contribution in [2.75, 3.05) is 0 Å². The van der Waals surface area contributed by atoms with Crippen molar-refractivity contribution in [1.82, 2.24) is 10.7 Å². The molecule has 1 fully saturated rings. The van der Waals surface area contributed by atoms with E-state index < -0.39 is 0 Å². The highest BCUT2D eigenvalue weighted by Gasteiger charge is 2.27. The third kappa shape index (κ3) is 4.65. The van der Waals surface area contributed by atoms with Crippen LogP contribution in [0.5, 0.6) is 0 Å². The summed E-state index contributed by atoms with van der Waals surface area (Å²) < 4.78 is 0. The zero-order valence-electron chi connectivity index (χ0n) is 14.6. The molecule has 4 N–H and O–H groups in total. The molecule has 0 aromatic heterocycles. The fourth-order valence-corrected chi connectivity index (χ4v) is 3.21. The Morgan fingerprint density at radius 1 is 0.960 bits per heavy atom. The van der Waals surface area contributed by atoms with E-state index in [4.69, 9.17) is 18.0 Å². The number of aryl methyl sites for hydroxylation is 2. The first-order valence-corrected chi connectivity index (χ1v) is 8.92. The lowest BCUT2D eigenvalue weighted by Gasteiger charge is -2.33. The van der Waals surface area contributed by atoms with E-state index in [1.54, 1.807) is 0 Å². The molecule has 1 aliphatic rings. The monoisotopic (exact) mass is 352 g/mol. The molecule has 25 heavy (non-hydrogen) atoms. The van der Waals surface area contributed by atoms with Crippen molar-refractivity contribution in [2.24, 2.45) is 10.8 Å². The van der Waals surface area contributed by atoms with Crippen LogP contribution < -0.4 is 16.5 Å². The van der Waals surface area contributed by atoms with Gasteiger partial charge in [-0.25, -0.2) is 0 Å². The van der Waals surface area contributed by atoms with Crippen LogP contribution in [0.3, 0.4) is 0 Å². The smallest absolute Gasteiger partial charge is 0.184 e. The molecule has 0 radical (unpaired) electrons. The number of nitrogens with two attached hydrogens (primary N) is 1. The summed E-state index contributed by atoms with van der Waals surface area (Å²) >= 11 is 4.88. The Labute approximate surface area is 154 Å².